The van der Waals surface area contributed by atoms with E-state index in [4.69, 9.17) is 4.74 Å². The van der Waals surface area contributed by atoms with E-state index in [0.717, 1.165) is 4.47 Å². The van der Waals surface area contributed by atoms with Crippen LogP contribution in [0, 0.1) is 0 Å². The molecule has 2 aromatic rings. The predicted octanol–water partition coefficient (Wildman–Crippen LogP) is 3.00. The minimum absolute atomic E-state index is 0.396. The smallest absolute Gasteiger partial charge is 0.360 e. The number of ether oxygens (including phenoxy) is 1. The Hall–Kier alpha value is -1.55. The molecule has 0 aliphatic heterocycles. The van der Waals surface area contributed by atoms with Gasteiger partial charge in [0.05, 0.1) is 4.47 Å². The summed E-state index contributed by atoms with van der Waals surface area (Å²) in [5.74, 6) is 0.115. The second kappa shape index (κ2) is 4.31. The number of nitrogens with one attached hydrogen (secondary N) is 1. The second-order valence-electron chi connectivity index (χ2n) is 2.90. The van der Waals surface area contributed by atoms with Crippen LogP contribution in [0.1, 0.15) is 10.5 Å². The van der Waals surface area contributed by atoms with Crippen molar-refractivity contribution in [3.63, 3.8) is 0 Å². The fourth-order valence-corrected chi connectivity index (χ4v) is 1.51. The molecule has 0 spiro atoms. The summed E-state index contributed by atoms with van der Waals surface area (Å²) in [6.45, 7) is 0. The molecule has 0 saturated carbocycles. The Labute approximate surface area is 95.2 Å². The van der Waals surface area contributed by atoms with E-state index in [0.29, 0.717) is 11.4 Å². The lowest BCUT2D eigenvalue weighted by molar-refractivity contribution is 0.0728. The molecule has 3 nitrogen and oxygen atoms in total. The van der Waals surface area contributed by atoms with Gasteiger partial charge in [0.25, 0.3) is 0 Å². The molecule has 0 fully saturated rings. The third-order valence-corrected chi connectivity index (χ3v) is 2.51. The van der Waals surface area contributed by atoms with Crippen molar-refractivity contribution in [3.05, 3.63) is 52.8 Å². The number of halogens is 1. The summed E-state index contributed by atoms with van der Waals surface area (Å²) in [5.41, 5.74) is 0.436. The summed E-state index contributed by atoms with van der Waals surface area (Å²) >= 11 is 3.30. The van der Waals surface area contributed by atoms with Crippen LogP contribution in [0.25, 0.3) is 0 Å². The van der Waals surface area contributed by atoms with Crippen LogP contribution < -0.4 is 4.74 Å². The highest BCUT2D eigenvalue weighted by Gasteiger charge is 2.10. The Morgan fingerprint density at radius 2 is 2.00 bits per heavy atom. The number of carbonyl (C=O) groups excluding carboxylic acids is 1. The van der Waals surface area contributed by atoms with Crippen LogP contribution >= 0.6 is 15.9 Å². The Bertz CT molecular complexity index is 465. The molecule has 0 unspecified atom stereocenters. The Kier molecular flexibility index (Phi) is 2.87. The molecule has 0 radical (unpaired) electrons. The zero-order valence-corrected chi connectivity index (χ0v) is 9.32. The number of benzene rings is 1. The van der Waals surface area contributed by atoms with Gasteiger partial charge in [0.2, 0.25) is 0 Å². The van der Waals surface area contributed by atoms with E-state index in [9.17, 15) is 4.79 Å². The average molecular weight is 266 g/mol. The van der Waals surface area contributed by atoms with E-state index in [1.165, 1.54) is 0 Å². The Morgan fingerprint density at radius 1 is 1.20 bits per heavy atom. The molecule has 0 bridgehead atoms. The van der Waals surface area contributed by atoms with Gasteiger partial charge in [0.1, 0.15) is 11.4 Å². The lowest BCUT2D eigenvalue weighted by atomic mass is 10.3. The van der Waals surface area contributed by atoms with E-state index in [-0.39, 0.29) is 0 Å². The first-order valence-corrected chi connectivity index (χ1v) is 5.17. The van der Waals surface area contributed by atoms with Crippen molar-refractivity contribution in [2.75, 3.05) is 0 Å². The first-order chi connectivity index (χ1) is 7.27. The predicted molar refractivity (Wildman–Crippen MR) is 59.9 cm³/mol. The maximum Gasteiger partial charge on any atom is 0.360 e. The summed E-state index contributed by atoms with van der Waals surface area (Å²) in [4.78, 5) is 14.3. The van der Waals surface area contributed by atoms with E-state index >= 15 is 0 Å². The molecule has 4 heteroatoms. The summed E-state index contributed by atoms with van der Waals surface area (Å²) < 4.78 is 5.93. The number of aromatic amines is 1. The number of para-hydroxylation sites is 1. The van der Waals surface area contributed by atoms with E-state index < -0.39 is 5.97 Å². The summed E-state index contributed by atoms with van der Waals surface area (Å²) in [6.07, 6.45) is 1.68. The normalized spacial score (nSPS) is 9.93. The molecule has 0 aliphatic rings. The molecule has 76 valence electrons. The SMILES string of the molecule is O=C(Oc1ccccc1Br)c1ccc[nH]1. The standard InChI is InChI=1S/C11H8BrNO2/c12-8-4-1-2-6-10(8)15-11(14)9-5-3-7-13-9/h1-7,13H. The van der Waals surface area contributed by atoms with Gasteiger partial charge in [0.15, 0.2) is 0 Å². The van der Waals surface area contributed by atoms with Gasteiger partial charge in [-0.25, -0.2) is 4.79 Å². The number of rotatable bonds is 2. The molecule has 1 heterocycles. The minimum Gasteiger partial charge on any atom is -0.421 e. The van der Waals surface area contributed by atoms with Gasteiger partial charge in [-0.05, 0) is 40.2 Å². The molecule has 0 atom stereocenters. The molecule has 2 rings (SSSR count). The molecule has 0 saturated heterocycles. The van der Waals surface area contributed by atoms with Gasteiger partial charge in [-0.1, -0.05) is 12.1 Å². The number of aromatic nitrogens is 1. The third-order valence-electron chi connectivity index (χ3n) is 1.86. The number of hydrogen-bond acceptors (Lipinski definition) is 2. The van der Waals surface area contributed by atoms with Crippen molar-refractivity contribution >= 4 is 21.9 Å². The van der Waals surface area contributed by atoms with Crippen LogP contribution in [0.4, 0.5) is 0 Å². The maximum absolute atomic E-state index is 11.6. The maximum atomic E-state index is 11.6. The molecule has 1 N–H and O–H groups in total. The van der Waals surface area contributed by atoms with Crippen LogP contribution in [0.15, 0.2) is 47.1 Å². The van der Waals surface area contributed by atoms with E-state index in [2.05, 4.69) is 20.9 Å². The first kappa shape index (κ1) is 9.98. The van der Waals surface area contributed by atoms with Gasteiger partial charge < -0.3 is 9.72 Å². The summed E-state index contributed by atoms with van der Waals surface area (Å²) in [5, 5.41) is 0. The second-order valence-corrected chi connectivity index (χ2v) is 3.76. The Balaban J connectivity index is 2.17. The van der Waals surface area contributed by atoms with Crippen molar-refractivity contribution in [1.82, 2.24) is 4.98 Å². The quantitative estimate of drug-likeness (QED) is 0.670. The van der Waals surface area contributed by atoms with Crippen molar-refractivity contribution in [2.45, 2.75) is 0 Å². The zero-order valence-electron chi connectivity index (χ0n) is 7.74. The largest absolute Gasteiger partial charge is 0.421 e. The molecule has 1 aromatic heterocycles. The Morgan fingerprint density at radius 3 is 2.67 bits per heavy atom. The van der Waals surface area contributed by atoms with Crippen molar-refractivity contribution < 1.29 is 9.53 Å². The summed E-state index contributed by atoms with van der Waals surface area (Å²) in [6, 6.07) is 10.6. The van der Waals surface area contributed by atoms with Crippen LogP contribution in [-0.4, -0.2) is 11.0 Å². The van der Waals surface area contributed by atoms with Crippen molar-refractivity contribution in [2.24, 2.45) is 0 Å². The molecule has 0 aliphatic carbocycles. The highest BCUT2D eigenvalue weighted by molar-refractivity contribution is 9.10. The van der Waals surface area contributed by atoms with Crippen molar-refractivity contribution in [3.8, 4) is 5.75 Å². The van der Waals surface area contributed by atoms with E-state index in [1.807, 2.05) is 18.2 Å². The van der Waals surface area contributed by atoms with Crippen LogP contribution in [0.3, 0.4) is 0 Å². The third kappa shape index (κ3) is 2.27. The molecule has 1 aromatic carbocycles. The lowest BCUT2D eigenvalue weighted by Crippen LogP contribution is -2.08. The van der Waals surface area contributed by atoms with Gasteiger partial charge in [0, 0.05) is 6.20 Å². The first-order valence-electron chi connectivity index (χ1n) is 4.37. The monoisotopic (exact) mass is 265 g/mol. The van der Waals surface area contributed by atoms with Crippen LogP contribution in [0.2, 0.25) is 0 Å². The van der Waals surface area contributed by atoms with E-state index in [1.54, 1.807) is 24.4 Å². The average Bonchev–Trinajstić information content (AvgIpc) is 2.74. The summed E-state index contributed by atoms with van der Waals surface area (Å²) in [7, 11) is 0. The zero-order chi connectivity index (χ0) is 10.7. The van der Waals surface area contributed by atoms with Crippen molar-refractivity contribution in [1.29, 1.82) is 0 Å². The fraction of sp³-hybridized carbons (Fsp3) is 0. The number of H-pyrrole nitrogens is 1. The lowest BCUT2D eigenvalue weighted by Gasteiger charge is -2.04. The highest BCUT2D eigenvalue weighted by atomic mass is 79.9. The van der Waals surface area contributed by atoms with Gasteiger partial charge in [-0.2, -0.15) is 0 Å². The topological polar surface area (TPSA) is 42.1 Å². The van der Waals surface area contributed by atoms with Gasteiger partial charge >= 0.3 is 5.97 Å². The molecular weight excluding hydrogens is 258 g/mol. The van der Waals surface area contributed by atoms with Gasteiger partial charge in [-0.3, -0.25) is 0 Å². The molecule has 15 heavy (non-hydrogen) atoms. The van der Waals surface area contributed by atoms with Crippen LogP contribution in [0.5, 0.6) is 5.75 Å². The molecule has 0 amide bonds. The van der Waals surface area contributed by atoms with Gasteiger partial charge in [-0.15, -0.1) is 0 Å². The number of carbonyl (C=O) groups is 1. The molecular formula is C11H8BrNO2. The number of hydrogen-bond donors (Lipinski definition) is 1. The fourth-order valence-electron chi connectivity index (χ4n) is 1.14. The number of esters is 1. The van der Waals surface area contributed by atoms with Crippen LogP contribution in [-0.2, 0) is 0 Å². The minimum atomic E-state index is -0.396. The highest BCUT2D eigenvalue weighted by Crippen LogP contribution is 2.24.